The van der Waals surface area contributed by atoms with Gasteiger partial charge in [0, 0.05) is 110 Å². The topological polar surface area (TPSA) is 119 Å². The molecule has 9 unspecified atom stereocenters. The lowest BCUT2D eigenvalue weighted by Crippen LogP contribution is -2.05. The number of fused-ring (bicyclic) bond motifs is 10. The number of aromatic nitrogens is 7. The van der Waals surface area contributed by atoms with Gasteiger partial charge in [0.25, 0.3) is 0 Å². The highest BCUT2D eigenvalue weighted by Gasteiger charge is 2.25. The zero-order valence-electron chi connectivity index (χ0n) is 68.7. The standard InChI is InChI=1S/C11H14.2C10H12O.2C10H12S.2C9H11NO.2C9H11NS.C8H9N3/c1-8-3-4-10-6-9(2)7-11(10)5-8;1-7-3-4-10-9(5-7)6-8(2)11-10;1-7-3-4-9-6-8(2)11-10(9)5-7;1-7-3-4-10-9(5-7)6-8(2)11-10;1-7-3-4-9-6-8(2)11-10(9)5-7;1-6-3-9-8(10-5-6)4-7(2)11-9;1-6-3-4-9-8(10-6)5-7(2)11-9;1-6-3-9-8(10-5-6)4-7(2)11-9;1-6-3-4-9-8(10-6)5-7(2)11-9;1-6-3-4-7-8(5-6)10-11(2)9-7/h3-5,9H,6-7H2,1-2H3;4*3-5,8H,6H2,1-2H3;3,5,7H,4H2,1-2H3;3-4,7H,5H2,1-2H3;3,5,7H,4H2,1-2H3;3-4,7H,5H2,1-2H3;3-5H,1-2H3. The predicted octanol–water partition coefficient (Wildman–Crippen LogP) is 23.0. The van der Waals surface area contributed by atoms with E-state index in [1.54, 1.807) is 21.5 Å². The van der Waals surface area contributed by atoms with E-state index < -0.39 is 0 Å². The van der Waals surface area contributed by atoms with Crippen LogP contribution in [-0.2, 0) is 71.3 Å². The van der Waals surface area contributed by atoms with Gasteiger partial charge in [0.2, 0.25) is 0 Å². The highest BCUT2D eigenvalue weighted by molar-refractivity contribution is 8.01. The van der Waals surface area contributed by atoms with Crippen molar-refractivity contribution in [2.24, 2.45) is 13.0 Å². The Kier molecular flexibility index (Phi) is 29.0. The van der Waals surface area contributed by atoms with Crippen LogP contribution in [0.3, 0.4) is 0 Å². The van der Waals surface area contributed by atoms with Crippen LogP contribution in [0.2, 0.25) is 0 Å². The molecule has 6 aromatic carbocycles. The molecule has 0 N–H and O–H groups in total. The number of aryl methyl sites for hydroxylation is 11. The van der Waals surface area contributed by atoms with Gasteiger partial charge in [0.05, 0.1) is 22.8 Å². The Hall–Kier alpha value is -8.08. The molecule has 20 rings (SSSR count). The third kappa shape index (κ3) is 24.0. The lowest BCUT2D eigenvalue weighted by atomic mass is 10.1. The number of thioether (sulfide) groups is 4. The summed E-state index contributed by atoms with van der Waals surface area (Å²) in [6, 6.07) is 51.7. The molecule has 0 spiro atoms. The second-order valence-electron chi connectivity index (χ2n) is 31.7. The van der Waals surface area contributed by atoms with Gasteiger partial charge in [-0.3, -0.25) is 19.9 Å². The van der Waals surface area contributed by atoms with Crippen molar-refractivity contribution in [1.82, 2.24) is 34.9 Å². The zero-order chi connectivity index (χ0) is 78.4. The van der Waals surface area contributed by atoms with E-state index in [0.29, 0.717) is 24.4 Å². The predicted molar refractivity (Wildman–Crippen MR) is 463 cm³/mol. The molecule has 11 aromatic rings. The number of ether oxygens (including phenoxy) is 4. The lowest BCUT2D eigenvalue weighted by Gasteiger charge is -2.02. The Labute approximate surface area is 673 Å². The van der Waals surface area contributed by atoms with Crippen molar-refractivity contribution in [2.75, 3.05) is 0 Å². The highest BCUT2D eigenvalue weighted by Crippen LogP contribution is 2.40. The minimum Gasteiger partial charge on any atom is -0.490 e. The Balaban J connectivity index is 0.000000121. The average Bonchev–Trinajstić information content (AvgIpc) is 1.79. The first-order chi connectivity index (χ1) is 52.5. The summed E-state index contributed by atoms with van der Waals surface area (Å²) in [5.41, 5.74) is 28.3. The van der Waals surface area contributed by atoms with Gasteiger partial charge in [-0.25, -0.2) is 0 Å². The molecule has 578 valence electrons. The van der Waals surface area contributed by atoms with Gasteiger partial charge in [-0.05, 0) is 257 Å². The zero-order valence-corrected chi connectivity index (χ0v) is 71.9. The molecule has 0 saturated heterocycles. The molecule has 13 heterocycles. The summed E-state index contributed by atoms with van der Waals surface area (Å²) in [6.07, 6.45) is 16.6. The van der Waals surface area contributed by atoms with E-state index in [-0.39, 0.29) is 0 Å². The van der Waals surface area contributed by atoms with Crippen LogP contribution in [0.4, 0.5) is 0 Å². The summed E-state index contributed by atoms with van der Waals surface area (Å²) in [4.78, 5) is 24.9. The molecule has 0 bridgehead atoms. The quantitative estimate of drug-likeness (QED) is 0.143. The van der Waals surface area contributed by atoms with E-state index in [1.807, 2.05) is 131 Å². The number of rotatable bonds is 0. The summed E-state index contributed by atoms with van der Waals surface area (Å²) >= 11 is 7.88. The molecular formula is C95H115N7O4S4. The Morgan fingerprint density at radius 1 is 0.291 bits per heavy atom. The van der Waals surface area contributed by atoms with Crippen LogP contribution in [0.5, 0.6) is 23.0 Å². The first kappa shape index (κ1) is 82.9. The minimum atomic E-state index is 0.305. The molecule has 1 aliphatic carbocycles. The SMILES string of the molecule is Cc1ccc2c(c1)CC(C)C2.Cc1ccc2c(c1)CC(C)O2.Cc1ccc2c(c1)CC(C)S2.Cc1ccc2c(c1)OC(C)C2.Cc1ccc2c(c1)SC(C)C2.Cc1ccc2c(n1)CC(C)O2.Cc1ccc2c(n1)CC(C)S2.Cc1ccc2nn(C)nc2c1.Cc1cnc2c(c1)OC(C)C2.Cc1cnc2c(c1)SC(C)C2. The van der Waals surface area contributed by atoms with E-state index in [0.717, 1.165) is 128 Å². The van der Waals surface area contributed by atoms with E-state index in [4.69, 9.17) is 18.9 Å². The Morgan fingerprint density at radius 3 is 1.45 bits per heavy atom. The van der Waals surface area contributed by atoms with Gasteiger partial charge in [0.15, 0.2) is 0 Å². The van der Waals surface area contributed by atoms with Crippen molar-refractivity contribution in [2.45, 2.75) is 261 Å². The van der Waals surface area contributed by atoms with Crippen molar-refractivity contribution in [3.8, 4) is 23.0 Å². The van der Waals surface area contributed by atoms with E-state index >= 15 is 0 Å². The van der Waals surface area contributed by atoms with Crippen molar-refractivity contribution in [3.05, 3.63) is 270 Å². The Morgan fingerprint density at radius 2 is 0.727 bits per heavy atom. The van der Waals surface area contributed by atoms with Crippen molar-refractivity contribution < 1.29 is 18.9 Å². The van der Waals surface area contributed by atoms with Crippen molar-refractivity contribution in [1.29, 1.82) is 0 Å². The second-order valence-corrected chi connectivity index (χ2v) is 37.6. The van der Waals surface area contributed by atoms with Gasteiger partial charge in [-0.1, -0.05) is 130 Å². The number of hydrogen-bond donors (Lipinski definition) is 0. The van der Waals surface area contributed by atoms with Crippen LogP contribution in [0.15, 0.2) is 178 Å². The summed E-state index contributed by atoms with van der Waals surface area (Å²) in [5.74, 6) is 4.95. The maximum absolute atomic E-state index is 5.59. The van der Waals surface area contributed by atoms with Crippen LogP contribution in [-0.4, -0.2) is 80.3 Å². The first-order valence-corrected chi connectivity index (χ1v) is 43.0. The fraction of sp³-hybridized carbons (Fsp3) is 0.411. The molecule has 0 radical (unpaired) electrons. The molecule has 9 atom stereocenters. The first-order valence-electron chi connectivity index (χ1n) is 39.5. The van der Waals surface area contributed by atoms with Crippen LogP contribution in [0.1, 0.15) is 174 Å². The lowest BCUT2D eigenvalue weighted by molar-refractivity contribution is 0.254. The molecule has 0 saturated carbocycles. The van der Waals surface area contributed by atoms with Gasteiger partial charge in [-0.15, -0.1) is 47.0 Å². The highest BCUT2D eigenvalue weighted by atomic mass is 32.2. The van der Waals surface area contributed by atoms with Gasteiger partial charge in [-0.2, -0.15) is 15.0 Å². The van der Waals surface area contributed by atoms with Crippen molar-refractivity contribution >= 4 is 58.1 Å². The molecular weight excluding hydrogens is 1430 g/mol. The number of benzene rings is 6. The molecule has 0 fully saturated rings. The smallest absolute Gasteiger partial charge is 0.141 e. The molecule has 11 nitrogen and oxygen atoms in total. The molecule has 5 aromatic heterocycles. The van der Waals surface area contributed by atoms with Crippen LogP contribution in [0, 0.1) is 75.2 Å². The molecule has 8 aliphatic heterocycles. The summed E-state index contributed by atoms with van der Waals surface area (Å²) < 4.78 is 22.2. The largest absolute Gasteiger partial charge is 0.490 e. The van der Waals surface area contributed by atoms with Gasteiger partial charge < -0.3 is 18.9 Å². The third-order valence-corrected chi connectivity index (χ3v) is 24.7. The minimum absolute atomic E-state index is 0.305. The third-order valence-electron chi connectivity index (χ3n) is 19.9. The van der Waals surface area contributed by atoms with E-state index in [2.05, 4.69) is 243 Å². The fourth-order valence-electron chi connectivity index (χ4n) is 14.7. The maximum Gasteiger partial charge on any atom is 0.141 e. The van der Waals surface area contributed by atoms with E-state index in [9.17, 15) is 0 Å². The molecule has 15 heteroatoms. The summed E-state index contributed by atoms with van der Waals surface area (Å²) in [7, 11) is 1.83. The second kappa shape index (κ2) is 38.4. The summed E-state index contributed by atoms with van der Waals surface area (Å²) in [5, 5.41) is 11.4. The molecule has 110 heavy (non-hydrogen) atoms. The fourth-order valence-corrected chi connectivity index (χ4v) is 19.4. The van der Waals surface area contributed by atoms with Crippen molar-refractivity contribution in [3.63, 3.8) is 0 Å². The van der Waals surface area contributed by atoms with Gasteiger partial charge >= 0.3 is 0 Å². The van der Waals surface area contributed by atoms with Gasteiger partial charge in [0.1, 0.15) is 58.4 Å². The Bertz CT molecular complexity index is 4110. The monoisotopic (exact) mass is 1550 g/mol. The van der Waals surface area contributed by atoms with E-state index in [1.165, 1.54) is 112 Å². The summed E-state index contributed by atoms with van der Waals surface area (Å²) in [6.45, 7) is 40.7. The normalized spacial score (nSPS) is 20.4. The number of nitrogens with zero attached hydrogens (tertiary/aromatic N) is 7. The van der Waals surface area contributed by atoms with Crippen LogP contribution >= 0.6 is 47.0 Å². The number of hydrogen-bond acceptors (Lipinski definition) is 14. The number of pyridine rings is 4. The maximum atomic E-state index is 5.59. The molecule has 0 amide bonds. The average molecular weight is 1550 g/mol. The molecule has 9 aliphatic rings. The van der Waals surface area contributed by atoms with Crippen LogP contribution in [0.25, 0.3) is 11.0 Å². The van der Waals surface area contributed by atoms with Crippen LogP contribution < -0.4 is 18.9 Å².